The zero-order chi connectivity index (χ0) is 6.31. The zero-order valence-electron chi connectivity index (χ0n) is 4.47. The summed E-state index contributed by atoms with van der Waals surface area (Å²) in [6, 6.07) is 0. The van der Waals surface area contributed by atoms with E-state index in [1.165, 1.54) is 0 Å². The SMILES string of the molecule is C[C@@H]1[C@H](I)[C@@H]1C(=O)O. The minimum Gasteiger partial charge on any atom is -0.481 e. The second kappa shape index (κ2) is 1.86. The summed E-state index contributed by atoms with van der Waals surface area (Å²) in [4.78, 5) is 10.2. The lowest BCUT2D eigenvalue weighted by Gasteiger charge is -1.80. The number of aliphatic carboxylic acids is 1. The molecule has 1 fully saturated rings. The van der Waals surface area contributed by atoms with Crippen molar-refractivity contribution in [3.05, 3.63) is 0 Å². The van der Waals surface area contributed by atoms with Crippen LogP contribution in [-0.4, -0.2) is 15.0 Å². The summed E-state index contributed by atoms with van der Waals surface area (Å²) in [7, 11) is 0. The zero-order valence-corrected chi connectivity index (χ0v) is 6.62. The van der Waals surface area contributed by atoms with E-state index in [1.807, 2.05) is 6.92 Å². The molecule has 46 valence electrons. The molecule has 0 saturated heterocycles. The molecular weight excluding hydrogens is 219 g/mol. The van der Waals surface area contributed by atoms with Crippen molar-refractivity contribution in [2.24, 2.45) is 11.8 Å². The normalized spacial score (nSPS) is 44.0. The molecule has 3 heteroatoms. The summed E-state index contributed by atoms with van der Waals surface area (Å²) in [6.07, 6.45) is 0. The van der Waals surface area contributed by atoms with E-state index in [9.17, 15) is 4.79 Å². The van der Waals surface area contributed by atoms with Gasteiger partial charge in [-0.15, -0.1) is 0 Å². The van der Waals surface area contributed by atoms with E-state index >= 15 is 0 Å². The van der Waals surface area contributed by atoms with Crippen molar-refractivity contribution in [1.29, 1.82) is 0 Å². The summed E-state index contributed by atoms with van der Waals surface area (Å²) in [5.74, 6) is -0.305. The van der Waals surface area contributed by atoms with E-state index < -0.39 is 5.97 Å². The average molecular weight is 226 g/mol. The first-order chi connectivity index (χ1) is 3.64. The molecule has 0 amide bonds. The molecule has 1 saturated carbocycles. The summed E-state index contributed by atoms with van der Waals surface area (Å²) >= 11 is 2.18. The molecule has 0 spiro atoms. The molecule has 0 aromatic heterocycles. The smallest absolute Gasteiger partial charge is 0.307 e. The van der Waals surface area contributed by atoms with Crippen LogP contribution in [0.3, 0.4) is 0 Å². The molecule has 1 aliphatic carbocycles. The van der Waals surface area contributed by atoms with Crippen molar-refractivity contribution in [3.8, 4) is 0 Å². The van der Waals surface area contributed by atoms with Gasteiger partial charge in [0, 0.05) is 3.92 Å². The molecule has 0 aromatic carbocycles. The highest BCUT2D eigenvalue weighted by atomic mass is 127. The lowest BCUT2D eigenvalue weighted by Crippen LogP contribution is -1.99. The molecule has 0 aliphatic heterocycles. The molecule has 0 heterocycles. The number of rotatable bonds is 1. The van der Waals surface area contributed by atoms with Crippen LogP contribution in [0.25, 0.3) is 0 Å². The first-order valence-corrected chi connectivity index (χ1v) is 3.76. The fourth-order valence-electron chi connectivity index (χ4n) is 0.775. The van der Waals surface area contributed by atoms with Gasteiger partial charge in [-0.3, -0.25) is 4.79 Å². The van der Waals surface area contributed by atoms with E-state index in [2.05, 4.69) is 22.6 Å². The Bertz CT molecular complexity index is 116. The minimum absolute atomic E-state index is 0.0596. The average Bonchev–Trinajstić information content (AvgIpc) is 2.15. The maximum absolute atomic E-state index is 10.2. The number of alkyl halides is 1. The summed E-state index contributed by atoms with van der Waals surface area (Å²) in [6.45, 7) is 1.97. The molecule has 3 atom stereocenters. The molecule has 0 bridgehead atoms. The largest absolute Gasteiger partial charge is 0.481 e. The second-order valence-electron chi connectivity index (χ2n) is 2.17. The minimum atomic E-state index is -0.642. The maximum atomic E-state index is 10.2. The number of carboxylic acids is 1. The van der Waals surface area contributed by atoms with Gasteiger partial charge in [0.05, 0.1) is 5.92 Å². The topological polar surface area (TPSA) is 37.3 Å². The van der Waals surface area contributed by atoms with Crippen molar-refractivity contribution in [2.45, 2.75) is 10.8 Å². The van der Waals surface area contributed by atoms with E-state index in [0.717, 1.165) is 0 Å². The van der Waals surface area contributed by atoms with Crippen molar-refractivity contribution in [3.63, 3.8) is 0 Å². The van der Waals surface area contributed by atoms with Crippen molar-refractivity contribution in [1.82, 2.24) is 0 Å². The lowest BCUT2D eigenvalue weighted by molar-refractivity contribution is -0.138. The molecule has 0 aromatic rings. The van der Waals surface area contributed by atoms with Crippen molar-refractivity contribution in [2.75, 3.05) is 0 Å². The fraction of sp³-hybridized carbons (Fsp3) is 0.800. The predicted molar refractivity (Wildman–Crippen MR) is 38.1 cm³/mol. The van der Waals surface area contributed by atoms with Gasteiger partial charge in [0.1, 0.15) is 0 Å². The lowest BCUT2D eigenvalue weighted by atomic mass is 10.3. The van der Waals surface area contributed by atoms with Gasteiger partial charge in [0.2, 0.25) is 0 Å². The second-order valence-corrected chi connectivity index (χ2v) is 3.61. The summed E-state index contributed by atoms with van der Waals surface area (Å²) < 4.78 is 0.380. The number of hydrogen-bond acceptors (Lipinski definition) is 1. The van der Waals surface area contributed by atoms with Gasteiger partial charge in [-0.2, -0.15) is 0 Å². The van der Waals surface area contributed by atoms with E-state index in [0.29, 0.717) is 9.84 Å². The highest BCUT2D eigenvalue weighted by molar-refractivity contribution is 14.1. The van der Waals surface area contributed by atoms with Crippen LogP contribution in [0.1, 0.15) is 6.92 Å². The van der Waals surface area contributed by atoms with Crippen LogP contribution in [0.2, 0.25) is 0 Å². The Labute approximate surface area is 61.4 Å². The number of carboxylic acid groups (broad SMARTS) is 1. The molecule has 2 nitrogen and oxygen atoms in total. The third kappa shape index (κ3) is 0.831. The number of carbonyl (C=O) groups is 1. The highest BCUT2D eigenvalue weighted by Gasteiger charge is 2.50. The Hall–Kier alpha value is 0.200. The number of halogens is 1. The standard InChI is InChI=1S/C5H7IO2/c1-2-3(4(2)6)5(7)8/h2-4H,1H3,(H,7,8)/t2-,3+,4-/m0/s1. The third-order valence-electron chi connectivity index (χ3n) is 1.56. The van der Waals surface area contributed by atoms with Gasteiger partial charge in [-0.25, -0.2) is 0 Å². The molecule has 1 aliphatic rings. The van der Waals surface area contributed by atoms with E-state index in [1.54, 1.807) is 0 Å². The molecular formula is C5H7IO2. The Kier molecular flexibility index (Phi) is 1.47. The molecule has 0 radical (unpaired) electrons. The number of hydrogen-bond donors (Lipinski definition) is 1. The maximum Gasteiger partial charge on any atom is 0.307 e. The molecule has 8 heavy (non-hydrogen) atoms. The Morgan fingerprint density at radius 2 is 2.12 bits per heavy atom. The van der Waals surface area contributed by atoms with E-state index in [-0.39, 0.29) is 5.92 Å². The quantitative estimate of drug-likeness (QED) is 0.537. The van der Waals surface area contributed by atoms with E-state index in [4.69, 9.17) is 5.11 Å². The van der Waals surface area contributed by atoms with Gasteiger partial charge in [0.15, 0.2) is 0 Å². The van der Waals surface area contributed by atoms with Gasteiger partial charge < -0.3 is 5.11 Å². The molecule has 1 rings (SSSR count). The first kappa shape index (κ1) is 6.32. The van der Waals surface area contributed by atoms with Crippen LogP contribution in [0.15, 0.2) is 0 Å². The highest BCUT2D eigenvalue weighted by Crippen LogP contribution is 2.45. The van der Waals surface area contributed by atoms with Crippen LogP contribution >= 0.6 is 22.6 Å². The first-order valence-electron chi connectivity index (χ1n) is 2.51. The van der Waals surface area contributed by atoms with Crippen LogP contribution < -0.4 is 0 Å². The van der Waals surface area contributed by atoms with Crippen molar-refractivity contribution >= 4 is 28.6 Å². The van der Waals surface area contributed by atoms with Gasteiger partial charge >= 0.3 is 5.97 Å². The van der Waals surface area contributed by atoms with Crippen LogP contribution in [0, 0.1) is 11.8 Å². The van der Waals surface area contributed by atoms with Crippen LogP contribution in [0.5, 0.6) is 0 Å². The summed E-state index contributed by atoms with van der Waals surface area (Å²) in [5.41, 5.74) is 0. The predicted octanol–water partition coefficient (Wildman–Crippen LogP) is 1.14. The Morgan fingerprint density at radius 3 is 2.12 bits per heavy atom. The van der Waals surface area contributed by atoms with Gasteiger partial charge in [-0.05, 0) is 5.92 Å². The van der Waals surface area contributed by atoms with Crippen LogP contribution in [0.4, 0.5) is 0 Å². The van der Waals surface area contributed by atoms with Crippen LogP contribution in [-0.2, 0) is 4.79 Å². The molecule has 1 N–H and O–H groups in total. The molecule has 0 unspecified atom stereocenters. The Balaban J connectivity index is 2.44. The Morgan fingerprint density at radius 1 is 1.75 bits per heavy atom. The monoisotopic (exact) mass is 226 g/mol. The van der Waals surface area contributed by atoms with Gasteiger partial charge in [-0.1, -0.05) is 29.5 Å². The fourth-order valence-corrected chi connectivity index (χ4v) is 1.95. The van der Waals surface area contributed by atoms with Gasteiger partial charge in [0.25, 0.3) is 0 Å². The summed E-state index contributed by atoms with van der Waals surface area (Å²) in [5, 5.41) is 8.39. The van der Waals surface area contributed by atoms with Crippen molar-refractivity contribution < 1.29 is 9.90 Å². The third-order valence-corrected chi connectivity index (χ3v) is 3.47.